The molecular formula is C13H16N2O2. The molecular weight excluding hydrogens is 216 g/mol. The Morgan fingerprint density at radius 1 is 1.35 bits per heavy atom. The number of hydrogen-bond donors (Lipinski definition) is 1. The lowest BCUT2D eigenvalue weighted by Crippen LogP contribution is -2.24. The van der Waals surface area contributed by atoms with E-state index in [2.05, 4.69) is 5.32 Å². The molecule has 0 bridgehead atoms. The number of nitrogens with one attached hydrogen (secondary N) is 1. The molecule has 0 radical (unpaired) electrons. The highest BCUT2D eigenvalue weighted by Gasteiger charge is 2.12. The molecule has 1 amide bonds. The van der Waals surface area contributed by atoms with E-state index in [1.54, 1.807) is 24.3 Å². The normalized spacial score (nSPS) is 10.5. The predicted octanol–water partition coefficient (Wildman–Crippen LogP) is 2.12. The third-order valence-corrected chi connectivity index (χ3v) is 1.87. The zero-order valence-electron chi connectivity index (χ0n) is 10.3. The highest BCUT2D eigenvalue weighted by atomic mass is 16.5. The molecule has 0 heterocycles. The summed E-state index contributed by atoms with van der Waals surface area (Å²) in [6.45, 7) is 5.89. The minimum absolute atomic E-state index is 0.0130. The summed E-state index contributed by atoms with van der Waals surface area (Å²) in [5, 5.41) is 10.8. The first kappa shape index (κ1) is 13.0. The van der Waals surface area contributed by atoms with E-state index in [4.69, 9.17) is 10.00 Å². The fourth-order valence-electron chi connectivity index (χ4n) is 1.25. The molecule has 4 heteroatoms. The Balaban J connectivity index is 2.68. The van der Waals surface area contributed by atoms with Gasteiger partial charge in [0.2, 0.25) is 0 Å². The number of amides is 1. The lowest BCUT2D eigenvalue weighted by Gasteiger charge is -2.21. The van der Waals surface area contributed by atoms with Crippen molar-refractivity contribution in [1.82, 2.24) is 5.32 Å². The lowest BCUT2D eigenvalue weighted by molar-refractivity contribution is 0.0958. The molecule has 0 unspecified atom stereocenters. The standard InChI is InChI=1S/C13H16N2O2/c1-13(2,3)17-11-6-4-10(5-7-11)12(16)15-9-8-14/h4-7H,9H2,1-3H3,(H,15,16). The van der Waals surface area contributed by atoms with Crippen molar-refractivity contribution in [1.29, 1.82) is 5.26 Å². The van der Waals surface area contributed by atoms with Gasteiger partial charge in [-0.05, 0) is 45.0 Å². The summed E-state index contributed by atoms with van der Waals surface area (Å²) < 4.78 is 5.63. The SMILES string of the molecule is CC(C)(C)Oc1ccc(C(=O)NCC#N)cc1. The van der Waals surface area contributed by atoms with E-state index in [1.807, 2.05) is 26.8 Å². The molecule has 0 saturated heterocycles. The highest BCUT2D eigenvalue weighted by molar-refractivity contribution is 5.94. The number of rotatable bonds is 3. The van der Waals surface area contributed by atoms with Crippen LogP contribution < -0.4 is 10.1 Å². The Hall–Kier alpha value is -2.02. The van der Waals surface area contributed by atoms with Crippen LogP contribution in [0.2, 0.25) is 0 Å². The number of carbonyl (C=O) groups excluding carboxylic acids is 1. The average molecular weight is 232 g/mol. The maximum Gasteiger partial charge on any atom is 0.252 e. The van der Waals surface area contributed by atoms with Crippen LogP contribution >= 0.6 is 0 Å². The van der Waals surface area contributed by atoms with Crippen molar-refractivity contribution in [3.63, 3.8) is 0 Å². The average Bonchev–Trinajstić information content (AvgIpc) is 2.24. The molecule has 0 aliphatic rings. The second-order valence-electron chi connectivity index (χ2n) is 4.58. The third kappa shape index (κ3) is 4.56. The molecule has 1 aromatic carbocycles. The molecule has 90 valence electrons. The molecule has 0 spiro atoms. The minimum Gasteiger partial charge on any atom is -0.488 e. The summed E-state index contributed by atoms with van der Waals surface area (Å²) in [6, 6.07) is 8.69. The summed E-state index contributed by atoms with van der Waals surface area (Å²) in [6.07, 6.45) is 0. The van der Waals surface area contributed by atoms with E-state index in [1.165, 1.54) is 0 Å². The van der Waals surface area contributed by atoms with Gasteiger partial charge >= 0.3 is 0 Å². The summed E-state index contributed by atoms with van der Waals surface area (Å²) in [5.74, 6) is 0.461. The molecule has 1 aromatic rings. The molecule has 1 rings (SSSR count). The first-order chi connectivity index (χ1) is 7.92. The van der Waals surface area contributed by atoms with Crippen LogP contribution in [0.1, 0.15) is 31.1 Å². The maximum absolute atomic E-state index is 11.5. The molecule has 0 aliphatic heterocycles. The van der Waals surface area contributed by atoms with Crippen molar-refractivity contribution in [2.24, 2.45) is 0 Å². The first-order valence-electron chi connectivity index (χ1n) is 5.36. The Bertz CT molecular complexity index is 424. The van der Waals surface area contributed by atoms with E-state index < -0.39 is 0 Å². The van der Waals surface area contributed by atoms with E-state index in [-0.39, 0.29) is 18.1 Å². The monoisotopic (exact) mass is 232 g/mol. The predicted molar refractivity (Wildman–Crippen MR) is 64.8 cm³/mol. The van der Waals surface area contributed by atoms with Crippen molar-refractivity contribution in [2.45, 2.75) is 26.4 Å². The van der Waals surface area contributed by atoms with Crippen molar-refractivity contribution >= 4 is 5.91 Å². The number of nitriles is 1. The van der Waals surface area contributed by atoms with Gasteiger partial charge in [0, 0.05) is 5.56 Å². The van der Waals surface area contributed by atoms with Gasteiger partial charge in [-0.15, -0.1) is 0 Å². The van der Waals surface area contributed by atoms with Crippen LogP contribution in [-0.2, 0) is 0 Å². The molecule has 0 fully saturated rings. The van der Waals surface area contributed by atoms with Crippen LogP contribution in [0, 0.1) is 11.3 Å². The first-order valence-corrected chi connectivity index (χ1v) is 5.36. The van der Waals surface area contributed by atoms with Crippen LogP contribution in [0.15, 0.2) is 24.3 Å². The van der Waals surface area contributed by atoms with Gasteiger partial charge in [0.25, 0.3) is 5.91 Å². The molecule has 17 heavy (non-hydrogen) atoms. The maximum atomic E-state index is 11.5. The fourth-order valence-corrected chi connectivity index (χ4v) is 1.25. The Morgan fingerprint density at radius 2 is 1.94 bits per heavy atom. The minimum atomic E-state index is -0.259. The van der Waals surface area contributed by atoms with Gasteiger partial charge in [0.05, 0.1) is 6.07 Å². The van der Waals surface area contributed by atoms with Crippen LogP contribution in [0.25, 0.3) is 0 Å². The molecule has 4 nitrogen and oxygen atoms in total. The van der Waals surface area contributed by atoms with E-state index in [0.717, 1.165) is 0 Å². The van der Waals surface area contributed by atoms with Crippen LogP contribution in [0.3, 0.4) is 0 Å². The third-order valence-electron chi connectivity index (χ3n) is 1.87. The molecule has 0 saturated carbocycles. The van der Waals surface area contributed by atoms with Gasteiger partial charge < -0.3 is 10.1 Å². The lowest BCUT2D eigenvalue weighted by atomic mass is 10.1. The largest absolute Gasteiger partial charge is 0.488 e. The van der Waals surface area contributed by atoms with Crippen molar-refractivity contribution in [3.8, 4) is 11.8 Å². The van der Waals surface area contributed by atoms with Crippen molar-refractivity contribution in [3.05, 3.63) is 29.8 Å². The topological polar surface area (TPSA) is 62.1 Å². The second-order valence-corrected chi connectivity index (χ2v) is 4.58. The van der Waals surface area contributed by atoms with Gasteiger partial charge in [-0.2, -0.15) is 5.26 Å². The van der Waals surface area contributed by atoms with Crippen LogP contribution in [0.4, 0.5) is 0 Å². The van der Waals surface area contributed by atoms with Gasteiger partial charge in [0.1, 0.15) is 17.9 Å². The van der Waals surface area contributed by atoms with Gasteiger partial charge in [-0.3, -0.25) is 4.79 Å². The van der Waals surface area contributed by atoms with Crippen LogP contribution in [-0.4, -0.2) is 18.1 Å². The Kier molecular flexibility index (Phi) is 4.11. The Morgan fingerprint density at radius 3 is 2.41 bits per heavy atom. The van der Waals surface area contributed by atoms with Gasteiger partial charge in [-0.1, -0.05) is 0 Å². The van der Waals surface area contributed by atoms with Gasteiger partial charge in [0.15, 0.2) is 0 Å². The molecule has 0 aromatic heterocycles. The zero-order valence-corrected chi connectivity index (χ0v) is 10.3. The van der Waals surface area contributed by atoms with Gasteiger partial charge in [-0.25, -0.2) is 0 Å². The second kappa shape index (κ2) is 5.35. The van der Waals surface area contributed by atoms with E-state index in [0.29, 0.717) is 11.3 Å². The summed E-state index contributed by atoms with van der Waals surface area (Å²) in [7, 11) is 0. The summed E-state index contributed by atoms with van der Waals surface area (Å²) in [4.78, 5) is 11.5. The number of carbonyl (C=O) groups is 1. The fraction of sp³-hybridized carbons (Fsp3) is 0.385. The number of hydrogen-bond acceptors (Lipinski definition) is 3. The molecule has 1 N–H and O–H groups in total. The number of benzene rings is 1. The quantitative estimate of drug-likeness (QED) is 0.812. The zero-order chi connectivity index (χ0) is 12.9. The molecule has 0 atom stereocenters. The highest BCUT2D eigenvalue weighted by Crippen LogP contribution is 2.18. The van der Waals surface area contributed by atoms with E-state index >= 15 is 0 Å². The Labute approximate surface area is 101 Å². The summed E-state index contributed by atoms with van der Waals surface area (Å²) >= 11 is 0. The van der Waals surface area contributed by atoms with Crippen LogP contribution in [0.5, 0.6) is 5.75 Å². The smallest absolute Gasteiger partial charge is 0.252 e. The van der Waals surface area contributed by atoms with Crippen molar-refractivity contribution < 1.29 is 9.53 Å². The summed E-state index contributed by atoms with van der Waals surface area (Å²) in [5.41, 5.74) is 0.256. The number of nitrogens with zero attached hydrogens (tertiary/aromatic N) is 1. The molecule has 0 aliphatic carbocycles. The van der Waals surface area contributed by atoms with Crippen molar-refractivity contribution in [2.75, 3.05) is 6.54 Å². The van der Waals surface area contributed by atoms with E-state index in [9.17, 15) is 4.79 Å². The number of ether oxygens (including phenoxy) is 1.